The van der Waals surface area contributed by atoms with E-state index in [0.29, 0.717) is 23.7 Å². The van der Waals surface area contributed by atoms with Crippen molar-refractivity contribution in [3.8, 4) is 11.5 Å². The van der Waals surface area contributed by atoms with Gasteiger partial charge < -0.3 is 14.6 Å². The fraction of sp³-hybridized carbons (Fsp3) is 0.364. The molecule has 2 rings (SSSR count). The zero-order valence-corrected chi connectivity index (χ0v) is 8.61. The maximum Gasteiger partial charge on any atom is 0.336 e. The van der Waals surface area contributed by atoms with Crippen LogP contribution in [0.15, 0.2) is 12.1 Å². The Labute approximate surface area is 87.4 Å². The Kier molecular flexibility index (Phi) is 2.26. The van der Waals surface area contributed by atoms with Gasteiger partial charge in [0.1, 0.15) is 0 Å². The number of rotatable bonds is 2. The number of hydrogen-bond acceptors (Lipinski definition) is 3. The highest BCUT2D eigenvalue weighted by Gasteiger charge is 2.29. The first kappa shape index (κ1) is 9.83. The molecule has 0 spiro atoms. The first-order valence-corrected chi connectivity index (χ1v) is 4.72. The van der Waals surface area contributed by atoms with Gasteiger partial charge in [0.15, 0.2) is 11.5 Å². The Bertz CT molecular complexity index is 411. The number of hydrogen-bond donors (Lipinski definition) is 1. The summed E-state index contributed by atoms with van der Waals surface area (Å²) in [6.07, 6.45) is 0. The molecule has 15 heavy (non-hydrogen) atoms. The summed E-state index contributed by atoms with van der Waals surface area (Å²) in [5.74, 6) is 0.344. The van der Waals surface area contributed by atoms with E-state index in [-0.39, 0.29) is 5.92 Å². The summed E-state index contributed by atoms with van der Waals surface area (Å²) >= 11 is 0. The Morgan fingerprint density at radius 2 is 2.33 bits per heavy atom. The lowest BCUT2D eigenvalue weighted by molar-refractivity contribution is 0.0695. The van der Waals surface area contributed by atoms with Crippen LogP contribution in [0.4, 0.5) is 0 Å². The SMILES string of the molecule is COc1ccc(C(=O)O)c2c1OCC2C. The third-order valence-corrected chi connectivity index (χ3v) is 2.58. The monoisotopic (exact) mass is 208 g/mol. The van der Waals surface area contributed by atoms with Gasteiger partial charge in [0.05, 0.1) is 19.3 Å². The summed E-state index contributed by atoms with van der Waals surface area (Å²) in [4.78, 5) is 11.0. The van der Waals surface area contributed by atoms with Crippen molar-refractivity contribution in [2.45, 2.75) is 12.8 Å². The van der Waals surface area contributed by atoms with E-state index in [4.69, 9.17) is 14.6 Å². The molecular formula is C11H12O4. The molecule has 1 N–H and O–H groups in total. The smallest absolute Gasteiger partial charge is 0.336 e. The number of carbonyl (C=O) groups is 1. The van der Waals surface area contributed by atoms with E-state index in [1.165, 1.54) is 0 Å². The number of methoxy groups -OCH3 is 1. The van der Waals surface area contributed by atoms with Crippen molar-refractivity contribution in [3.05, 3.63) is 23.3 Å². The van der Waals surface area contributed by atoms with E-state index in [2.05, 4.69) is 0 Å². The minimum Gasteiger partial charge on any atom is -0.493 e. The number of carboxylic acids is 1. The van der Waals surface area contributed by atoms with Gasteiger partial charge >= 0.3 is 5.97 Å². The summed E-state index contributed by atoms with van der Waals surface area (Å²) in [5.41, 5.74) is 1.04. The summed E-state index contributed by atoms with van der Waals surface area (Å²) in [5, 5.41) is 9.03. The summed E-state index contributed by atoms with van der Waals surface area (Å²) < 4.78 is 10.6. The fourth-order valence-corrected chi connectivity index (χ4v) is 1.86. The van der Waals surface area contributed by atoms with E-state index in [1.54, 1.807) is 19.2 Å². The van der Waals surface area contributed by atoms with E-state index in [9.17, 15) is 4.79 Å². The minimum atomic E-state index is -0.925. The molecule has 0 radical (unpaired) electrons. The third-order valence-electron chi connectivity index (χ3n) is 2.58. The van der Waals surface area contributed by atoms with Gasteiger partial charge in [-0.05, 0) is 12.1 Å². The number of aromatic carboxylic acids is 1. The highest BCUT2D eigenvalue weighted by molar-refractivity contribution is 5.91. The zero-order valence-electron chi connectivity index (χ0n) is 8.61. The lowest BCUT2D eigenvalue weighted by atomic mass is 9.97. The van der Waals surface area contributed by atoms with Gasteiger partial charge in [0, 0.05) is 11.5 Å². The van der Waals surface area contributed by atoms with Gasteiger partial charge in [-0.15, -0.1) is 0 Å². The van der Waals surface area contributed by atoms with Crippen molar-refractivity contribution in [1.29, 1.82) is 0 Å². The largest absolute Gasteiger partial charge is 0.493 e. The molecule has 0 fully saturated rings. The quantitative estimate of drug-likeness (QED) is 0.806. The van der Waals surface area contributed by atoms with E-state index in [1.807, 2.05) is 6.92 Å². The Balaban J connectivity index is 2.63. The number of fused-ring (bicyclic) bond motifs is 1. The standard InChI is InChI=1S/C11H12O4/c1-6-5-15-10-8(14-2)4-3-7(9(6)10)11(12)13/h3-4,6H,5H2,1-2H3,(H,12,13). The van der Waals surface area contributed by atoms with Gasteiger partial charge in [-0.25, -0.2) is 4.79 Å². The highest BCUT2D eigenvalue weighted by Crippen LogP contribution is 2.43. The Morgan fingerprint density at radius 1 is 1.60 bits per heavy atom. The molecule has 0 aliphatic carbocycles. The van der Waals surface area contributed by atoms with Crippen LogP contribution in [0.25, 0.3) is 0 Å². The Morgan fingerprint density at radius 3 is 2.93 bits per heavy atom. The van der Waals surface area contributed by atoms with Crippen LogP contribution >= 0.6 is 0 Å². The predicted molar refractivity (Wildman–Crippen MR) is 53.9 cm³/mol. The van der Waals surface area contributed by atoms with Crippen molar-refractivity contribution < 1.29 is 19.4 Å². The summed E-state index contributed by atoms with van der Waals surface area (Å²) in [6, 6.07) is 3.19. The minimum absolute atomic E-state index is 0.0983. The molecule has 0 amide bonds. The molecule has 1 atom stereocenters. The lowest BCUT2D eigenvalue weighted by Gasteiger charge is -2.09. The number of benzene rings is 1. The van der Waals surface area contributed by atoms with Crippen LogP contribution < -0.4 is 9.47 Å². The molecule has 0 bridgehead atoms. The maximum atomic E-state index is 11.0. The van der Waals surface area contributed by atoms with Crippen LogP contribution in [0, 0.1) is 0 Å². The second kappa shape index (κ2) is 3.46. The molecule has 4 nitrogen and oxygen atoms in total. The van der Waals surface area contributed by atoms with Crippen molar-refractivity contribution >= 4 is 5.97 Å². The van der Waals surface area contributed by atoms with E-state index < -0.39 is 5.97 Å². The molecule has 1 aliphatic rings. The average Bonchev–Trinajstić information content (AvgIpc) is 2.60. The van der Waals surface area contributed by atoms with Gasteiger partial charge in [-0.3, -0.25) is 0 Å². The predicted octanol–water partition coefficient (Wildman–Crippen LogP) is 1.89. The van der Waals surface area contributed by atoms with E-state index in [0.717, 1.165) is 5.56 Å². The second-order valence-electron chi connectivity index (χ2n) is 3.58. The summed E-state index contributed by atoms with van der Waals surface area (Å²) in [7, 11) is 1.54. The molecule has 1 heterocycles. The molecule has 1 aromatic rings. The molecule has 80 valence electrons. The maximum absolute atomic E-state index is 11.0. The fourth-order valence-electron chi connectivity index (χ4n) is 1.86. The lowest BCUT2D eigenvalue weighted by Crippen LogP contribution is -2.03. The topological polar surface area (TPSA) is 55.8 Å². The second-order valence-corrected chi connectivity index (χ2v) is 3.58. The van der Waals surface area contributed by atoms with Gasteiger partial charge in [0.2, 0.25) is 0 Å². The van der Waals surface area contributed by atoms with Crippen LogP contribution in [0.2, 0.25) is 0 Å². The first-order valence-electron chi connectivity index (χ1n) is 4.72. The summed E-state index contributed by atoms with van der Waals surface area (Å²) in [6.45, 7) is 2.45. The van der Waals surface area contributed by atoms with Crippen LogP contribution in [0.3, 0.4) is 0 Å². The average molecular weight is 208 g/mol. The van der Waals surface area contributed by atoms with Crippen molar-refractivity contribution in [2.24, 2.45) is 0 Å². The normalized spacial score (nSPS) is 18.1. The van der Waals surface area contributed by atoms with Crippen LogP contribution in [0.1, 0.15) is 28.8 Å². The molecule has 0 saturated heterocycles. The molecule has 1 aromatic carbocycles. The number of ether oxygens (including phenoxy) is 2. The van der Waals surface area contributed by atoms with Crippen molar-refractivity contribution in [3.63, 3.8) is 0 Å². The Hall–Kier alpha value is -1.71. The molecule has 1 unspecified atom stereocenters. The van der Waals surface area contributed by atoms with Crippen molar-refractivity contribution in [1.82, 2.24) is 0 Å². The molecular weight excluding hydrogens is 196 g/mol. The third kappa shape index (κ3) is 1.42. The molecule has 0 aromatic heterocycles. The van der Waals surface area contributed by atoms with Gasteiger partial charge in [-0.2, -0.15) is 0 Å². The molecule has 4 heteroatoms. The van der Waals surface area contributed by atoms with Crippen LogP contribution in [-0.4, -0.2) is 24.8 Å². The highest BCUT2D eigenvalue weighted by atomic mass is 16.5. The number of carboxylic acid groups (broad SMARTS) is 1. The van der Waals surface area contributed by atoms with Crippen molar-refractivity contribution in [2.75, 3.05) is 13.7 Å². The zero-order chi connectivity index (χ0) is 11.0. The van der Waals surface area contributed by atoms with Gasteiger partial charge in [0.25, 0.3) is 0 Å². The van der Waals surface area contributed by atoms with Crippen LogP contribution in [-0.2, 0) is 0 Å². The molecule has 0 saturated carbocycles. The molecule has 1 aliphatic heterocycles. The van der Waals surface area contributed by atoms with Crippen LogP contribution in [0.5, 0.6) is 11.5 Å². The first-order chi connectivity index (χ1) is 7.15. The van der Waals surface area contributed by atoms with E-state index >= 15 is 0 Å². The van der Waals surface area contributed by atoms with Gasteiger partial charge in [-0.1, -0.05) is 6.92 Å².